The zero-order valence-corrected chi connectivity index (χ0v) is 13.3. The van der Waals surface area contributed by atoms with Gasteiger partial charge < -0.3 is 10.0 Å². The summed E-state index contributed by atoms with van der Waals surface area (Å²) in [5.74, 6) is -2.03. The second-order valence-electron chi connectivity index (χ2n) is 6.69. The van der Waals surface area contributed by atoms with Gasteiger partial charge in [0.05, 0.1) is 11.8 Å². The highest BCUT2D eigenvalue weighted by molar-refractivity contribution is 5.86. The number of hydrogen-bond acceptors (Lipinski definition) is 2. The van der Waals surface area contributed by atoms with Crippen LogP contribution >= 0.6 is 0 Å². The molecule has 1 N–H and O–H groups in total. The molecule has 0 saturated carbocycles. The zero-order chi connectivity index (χ0) is 16.7. The van der Waals surface area contributed by atoms with Crippen LogP contribution in [0.1, 0.15) is 22.3 Å². The smallest absolute Gasteiger partial charge is 0.307 e. The number of carbonyl (C=O) groups excluding carboxylic acids is 1. The van der Waals surface area contributed by atoms with Crippen molar-refractivity contribution in [2.75, 3.05) is 0 Å². The SMILES string of the molecule is O=C(O)[C@H]1Cc2ccccc2C[C@@H]1C(=O)N1Cc2ccccc2C1. The zero-order valence-electron chi connectivity index (χ0n) is 13.3. The fourth-order valence-corrected chi connectivity index (χ4v) is 3.96. The number of aliphatic carboxylic acids is 1. The number of carboxylic acids is 1. The van der Waals surface area contributed by atoms with Crippen LogP contribution in [0.25, 0.3) is 0 Å². The quantitative estimate of drug-likeness (QED) is 0.925. The molecule has 2 aromatic carbocycles. The summed E-state index contributed by atoms with van der Waals surface area (Å²) in [6, 6.07) is 15.9. The molecule has 2 atom stereocenters. The molecule has 24 heavy (non-hydrogen) atoms. The van der Waals surface area contributed by atoms with Gasteiger partial charge in [-0.1, -0.05) is 48.5 Å². The lowest BCUT2D eigenvalue weighted by atomic mass is 9.75. The summed E-state index contributed by atoms with van der Waals surface area (Å²) in [6.45, 7) is 1.17. The Morgan fingerprint density at radius 1 is 0.792 bits per heavy atom. The van der Waals surface area contributed by atoms with Crippen LogP contribution in [0.15, 0.2) is 48.5 Å². The second kappa shape index (κ2) is 5.78. The topological polar surface area (TPSA) is 57.6 Å². The first-order valence-electron chi connectivity index (χ1n) is 8.28. The molecule has 0 fully saturated rings. The first kappa shape index (κ1) is 14.9. The molecule has 1 aliphatic heterocycles. The van der Waals surface area contributed by atoms with E-state index in [2.05, 4.69) is 0 Å². The fraction of sp³-hybridized carbons (Fsp3) is 0.300. The number of rotatable bonds is 2. The van der Waals surface area contributed by atoms with E-state index in [0.29, 0.717) is 25.9 Å². The van der Waals surface area contributed by atoms with E-state index in [9.17, 15) is 14.7 Å². The normalized spacial score (nSPS) is 21.9. The minimum absolute atomic E-state index is 0.0342. The Labute approximate surface area is 140 Å². The van der Waals surface area contributed by atoms with Crippen molar-refractivity contribution >= 4 is 11.9 Å². The van der Waals surface area contributed by atoms with Gasteiger partial charge in [0.25, 0.3) is 0 Å². The van der Waals surface area contributed by atoms with Gasteiger partial charge in [-0.25, -0.2) is 0 Å². The van der Waals surface area contributed by atoms with Crippen molar-refractivity contribution in [3.05, 3.63) is 70.8 Å². The number of fused-ring (bicyclic) bond motifs is 2. The van der Waals surface area contributed by atoms with E-state index in [1.807, 2.05) is 48.5 Å². The Kier molecular flexibility index (Phi) is 3.60. The summed E-state index contributed by atoms with van der Waals surface area (Å²) in [5, 5.41) is 9.63. The van der Waals surface area contributed by atoms with Crippen LogP contribution in [0.4, 0.5) is 0 Å². The van der Waals surface area contributed by atoms with Crippen LogP contribution in [-0.2, 0) is 35.5 Å². The third-order valence-corrected chi connectivity index (χ3v) is 5.27. The van der Waals surface area contributed by atoms with Crippen LogP contribution in [0, 0.1) is 11.8 Å². The van der Waals surface area contributed by atoms with E-state index in [1.165, 1.54) is 0 Å². The average molecular weight is 321 g/mol. The Morgan fingerprint density at radius 3 is 1.75 bits per heavy atom. The number of carboxylic acid groups (broad SMARTS) is 1. The molecule has 0 spiro atoms. The summed E-state index contributed by atoms with van der Waals surface area (Å²) < 4.78 is 0. The Balaban J connectivity index is 1.60. The number of carbonyl (C=O) groups is 2. The van der Waals surface area contributed by atoms with Gasteiger partial charge in [0.2, 0.25) is 5.91 Å². The lowest BCUT2D eigenvalue weighted by molar-refractivity contribution is -0.151. The van der Waals surface area contributed by atoms with Crippen LogP contribution < -0.4 is 0 Å². The predicted molar refractivity (Wildman–Crippen MR) is 89.2 cm³/mol. The molecule has 0 radical (unpaired) electrons. The molecule has 0 aromatic heterocycles. The van der Waals surface area contributed by atoms with Gasteiger partial charge in [-0.05, 0) is 35.1 Å². The molecule has 0 unspecified atom stereocenters. The summed E-state index contributed by atoms with van der Waals surface area (Å²) in [7, 11) is 0. The lowest BCUT2D eigenvalue weighted by Gasteiger charge is -2.32. The van der Waals surface area contributed by atoms with E-state index in [0.717, 1.165) is 22.3 Å². The highest BCUT2D eigenvalue weighted by Crippen LogP contribution is 2.34. The van der Waals surface area contributed by atoms with Crippen LogP contribution in [0.3, 0.4) is 0 Å². The maximum absolute atomic E-state index is 13.1. The molecule has 4 nitrogen and oxygen atoms in total. The van der Waals surface area contributed by atoms with E-state index < -0.39 is 17.8 Å². The van der Waals surface area contributed by atoms with E-state index in [4.69, 9.17) is 0 Å². The van der Waals surface area contributed by atoms with Gasteiger partial charge in [0.1, 0.15) is 0 Å². The Bertz CT molecular complexity index is 789. The van der Waals surface area contributed by atoms with Crippen molar-refractivity contribution in [2.45, 2.75) is 25.9 Å². The first-order chi connectivity index (χ1) is 11.6. The van der Waals surface area contributed by atoms with E-state index in [-0.39, 0.29) is 5.91 Å². The third kappa shape index (κ3) is 2.48. The van der Waals surface area contributed by atoms with E-state index in [1.54, 1.807) is 4.90 Å². The van der Waals surface area contributed by atoms with Gasteiger partial charge in [-0.15, -0.1) is 0 Å². The largest absolute Gasteiger partial charge is 0.481 e. The fourth-order valence-electron chi connectivity index (χ4n) is 3.96. The predicted octanol–water partition coefficient (Wildman–Crippen LogP) is 2.64. The standard InChI is InChI=1S/C20H19NO3/c22-19(21-11-15-7-3-4-8-16(15)12-21)17-9-13-5-1-2-6-14(13)10-18(17)20(23)24/h1-8,17-18H,9-12H2,(H,23,24)/t17-,18-/m0/s1. The Morgan fingerprint density at radius 2 is 1.25 bits per heavy atom. The highest BCUT2D eigenvalue weighted by Gasteiger charge is 2.40. The summed E-state index contributed by atoms with van der Waals surface area (Å²) >= 11 is 0. The molecule has 1 aliphatic carbocycles. The van der Waals surface area contributed by atoms with Crippen LogP contribution in [0.5, 0.6) is 0 Å². The molecule has 1 amide bonds. The molecule has 122 valence electrons. The maximum Gasteiger partial charge on any atom is 0.307 e. The lowest BCUT2D eigenvalue weighted by Crippen LogP contribution is -2.42. The van der Waals surface area contributed by atoms with Crippen LogP contribution in [0.2, 0.25) is 0 Å². The molecule has 2 aliphatic rings. The average Bonchev–Trinajstić information content (AvgIpc) is 3.04. The number of nitrogens with zero attached hydrogens (tertiary/aromatic N) is 1. The van der Waals surface area contributed by atoms with Crippen LogP contribution in [-0.4, -0.2) is 21.9 Å². The van der Waals surface area contributed by atoms with Crippen molar-refractivity contribution < 1.29 is 14.7 Å². The van der Waals surface area contributed by atoms with Gasteiger partial charge in [0.15, 0.2) is 0 Å². The van der Waals surface area contributed by atoms with Gasteiger partial charge in [-0.3, -0.25) is 9.59 Å². The summed E-state index contributed by atoms with van der Waals surface area (Å²) in [5.41, 5.74) is 4.48. The monoisotopic (exact) mass is 321 g/mol. The third-order valence-electron chi connectivity index (χ3n) is 5.27. The molecular weight excluding hydrogens is 302 g/mol. The molecular formula is C20H19NO3. The van der Waals surface area contributed by atoms with E-state index >= 15 is 0 Å². The second-order valence-corrected chi connectivity index (χ2v) is 6.69. The molecule has 4 rings (SSSR count). The number of amides is 1. The van der Waals surface area contributed by atoms with Gasteiger partial charge >= 0.3 is 5.97 Å². The minimum Gasteiger partial charge on any atom is -0.481 e. The van der Waals surface area contributed by atoms with Crippen molar-refractivity contribution in [3.63, 3.8) is 0 Å². The maximum atomic E-state index is 13.1. The molecule has 4 heteroatoms. The van der Waals surface area contributed by atoms with Crippen molar-refractivity contribution in [2.24, 2.45) is 11.8 Å². The van der Waals surface area contributed by atoms with Crippen molar-refractivity contribution in [1.29, 1.82) is 0 Å². The molecule has 0 bridgehead atoms. The molecule has 1 heterocycles. The number of hydrogen-bond donors (Lipinski definition) is 1. The van der Waals surface area contributed by atoms with Gasteiger partial charge in [-0.2, -0.15) is 0 Å². The van der Waals surface area contributed by atoms with Gasteiger partial charge in [0, 0.05) is 13.1 Å². The Hall–Kier alpha value is -2.62. The summed E-state index contributed by atoms with van der Waals surface area (Å²) in [6.07, 6.45) is 0.946. The summed E-state index contributed by atoms with van der Waals surface area (Å²) in [4.78, 5) is 26.6. The highest BCUT2D eigenvalue weighted by atomic mass is 16.4. The number of benzene rings is 2. The first-order valence-corrected chi connectivity index (χ1v) is 8.28. The van der Waals surface area contributed by atoms with Crippen molar-refractivity contribution in [3.8, 4) is 0 Å². The van der Waals surface area contributed by atoms with Crippen molar-refractivity contribution in [1.82, 2.24) is 4.90 Å². The molecule has 2 aromatic rings. The molecule has 0 saturated heterocycles. The minimum atomic E-state index is -0.875.